The number of ketones is 1. The van der Waals surface area contributed by atoms with Crippen molar-refractivity contribution in [3.05, 3.63) is 41.7 Å². The number of carbonyl (C=O) groups excluding carboxylic acids is 1. The number of Topliss-reactive ketones (excluding diaryl/α,β-unsaturated/α-hetero) is 1. The molecule has 2 heterocycles. The molecule has 0 bridgehead atoms. The number of imidazole rings is 1. The molecule has 21 heavy (non-hydrogen) atoms. The SMILES string of the molecule is CC(=O)c1nc2nc(N)nc(OCc3ccccc3)c2[nH]1. The first-order chi connectivity index (χ1) is 10.1. The van der Waals surface area contributed by atoms with Crippen LogP contribution in [0.3, 0.4) is 0 Å². The van der Waals surface area contributed by atoms with Gasteiger partial charge in [0.05, 0.1) is 0 Å². The Hall–Kier alpha value is -2.96. The molecule has 106 valence electrons. The number of nitrogens with two attached hydrogens (primary N) is 1. The monoisotopic (exact) mass is 283 g/mol. The fraction of sp³-hybridized carbons (Fsp3) is 0.143. The average molecular weight is 283 g/mol. The summed E-state index contributed by atoms with van der Waals surface area (Å²) in [5, 5.41) is 0. The van der Waals surface area contributed by atoms with E-state index in [9.17, 15) is 4.79 Å². The van der Waals surface area contributed by atoms with Crippen molar-refractivity contribution in [2.24, 2.45) is 0 Å². The lowest BCUT2D eigenvalue weighted by Gasteiger charge is -2.06. The van der Waals surface area contributed by atoms with Crippen LogP contribution in [0.4, 0.5) is 5.95 Å². The van der Waals surface area contributed by atoms with Gasteiger partial charge in [0.25, 0.3) is 0 Å². The number of hydrogen-bond acceptors (Lipinski definition) is 6. The predicted molar refractivity (Wildman–Crippen MR) is 76.9 cm³/mol. The lowest BCUT2D eigenvalue weighted by Crippen LogP contribution is -2.02. The summed E-state index contributed by atoms with van der Waals surface area (Å²) in [5.74, 6) is 0.337. The maximum atomic E-state index is 11.4. The van der Waals surface area contributed by atoms with Crippen molar-refractivity contribution < 1.29 is 9.53 Å². The van der Waals surface area contributed by atoms with Crippen LogP contribution in [0.2, 0.25) is 0 Å². The van der Waals surface area contributed by atoms with E-state index in [0.29, 0.717) is 17.8 Å². The maximum absolute atomic E-state index is 11.4. The number of anilines is 1. The van der Waals surface area contributed by atoms with E-state index in [-0.39, 0.29) is 23.4 Å². The molecular weight excluding hydrogens is 270 g/mol. The molecule has 1 aromatic carbocycles. The molecule has 2 aromatic heterocycles. The Bertz CT molecular complexity index is 798. The van der Waals surface area contributed by atoms with Crippen LogP contribution in [0.5, 0.6) is 5.88 Å². The minimum atomic E-state index is -0.194. The van der Waals surface area contributed by atoms with Gasteiger partial charge >= 0.3 is 0 Å². The zero-order valence-electron chi connectivity index (χ0n) is 11.3. The molecule has 0 saturated carbocycles. The zero-order chi connectivity index (χ0) is 14.8. The molecule has 3 N–H and O–H groups in total. The van der Waals surface area contributed by atoms with E-state index in [4.69, 9.17) is 10.5 Å². The summed E-state index contributed by atoms with van der Waals surface area (Å²) in [4.78, 5) is 26.3. The number of nitrogens with one attached hydrogen (secondary N) is 1. The van der Waals surface area contributed by atoms with Crippen LogP contribution in [0, 0.1) is 0 Å². The number of rotatable bonds is 4. The van der Waals surface area contributed by atoms with Crippen molar-refractivity contribution in [3.8, 4) is 5.88 Å². The first-order valence-corrected chi connectivity index (χ1v) is 6.34. The Labute approximate surface area is 120 Å². The summed E-state index contributed by atoms with van der Waals surface area (Å²) in [6.45, 7) is 1.75. The van der Waals surface area contributed by atoms with Crippen LogP contribution in [0.25, 0.3) is 11.2 Å². The number of H-pyrrole nitrogens is 1. The van der Waals surface area contributed by atoms with Crippen LogP contribution < -0.4 is 10.5 Å². The summed E-state index contributed by atoms with van der Waals surface area (Å²) in [6, 6.07) is 9.66. The molecule has 0 atom stereocenters. The standard InChI is InChI=1S/C14H13N5O2/c1-8(20)11-16-10-12(17-11)18-14(15)19-13(10)21-7-9-5-3-2-4-6-9/h2-6H,7H2,1H3,(H3,15,16,17,18,19). The van der Waals surface area contributed by atoms with E-state index in [1.807, 2.05) is 30.3 Å². The normalized spacial score (nSPS) is 10.7. The van der Waals surface area contributed by atoms with E-state index in [1.54, 1.807) is 0 Å². The van der Waals surface area contributed by atoms with Gasteiger partial charge in [-0.1, -0.05) is 30.3 Å². The van der Waals surface area contributed by atoms with Crippen molar-refractivity contribution >= 4 is 22.9 Å². The van der Waals surface area contributed by atoms with Gasteiger partial charge < -0.3 is 15.5 Å². The molecule has 0 aliphatic rings. The van der Waals surface area contributed by atoms with Gasteiger partial charge in [-0.15, -0.1) is 0 Å². The summed E-state index contributed by atoms with van der Waals surface area (Å²) in [7, 11) is 0. The second-order valence-corrected chi connectivity index (χ2v) is 4.50. The van der Waals surface area contributed by atoms with Crippen molar-refractivity contribution in [2.75, 3.05) is 5.73 Å². The molecule has 0 unspecified atom stereocenters. The number of hydrogen-bond donors (Lipinski definition) is 2. The molecule has 0 fully saturated rings. The van der Waals surface area contributed by atoms with E-state index >= 15 is 0 Å². The molecule has 0 spiro atoms. The van der Waals surface area contributed by atoms with Gasteiger partial charge in [0.2, 0.25) is 11.8 Å². The fourth-order valence-electron chi connectivity index (χ4n) is 1.88. The quantitative estimate of drug-likeness (QED) is 0.706. The maximum Gasteiger partial charge on any atom is 0.245 e. The molecule has 0 aliphatic heterocycles. The number of nitrogen functional groups attached to an aromatic ring is 1. The number of nitrogens with zero attached hydrogens (tertiary/aromatic N) is 3. The highest BCUT2D eigenvalue weighted by Crippen LogP contribution is 2.22. The second kappa shape index (κ2) is 5.20. The fourth-order valence-corrected chi connectivity index (χ4v) is 1.88. The highest BCUT2D eigenvalue weighted by atomic mass is 16.5. The van der Waals surface area contributed by atoms with Gasteiger partial charge in [0.1, 0.15) is 12.1 Å². The van der Waals surface area contributed by atoms with Crippen molar-refractivity contribution in [1.82, 2.24) is 19.9 Å². The predicted octanol–water partition coefficient (Wildman–Crippen LogP) is 1.72. The highest BCUT2D eigenvalue weighted by molar-refractivity contribution is 5.94. The first-order valence-electron chi connectivity index (χ1n) is 6.34. The van der Waals surface area contributed by atoms with Gasteiger partial charge in [-0.05, 0) is 5.56 Å². The molecule has 7 heteroatoms. The van der Waals surface area contributed by atoms with Gasteiger partial charge in [0.15, 0.2) is 17.3 Å². The Morgan fingerprint density at radius 1 is 1.24 bits per heavy atom. The molecule has 0 amide bonds. The molecule has 3 rings (SSSR count). The largest absolute Gasteiger partial charge is 0.471 e. The third-order valence-corrected chi connectivity index (χ3v) is 2.89. The van der Waals surface area contributed by atoms with Gasteiger partial charge in [-0.3, -0.25) is 4.79 Å². The van der Waals surface area contributed by atoms with Crippen LogP contribution in [0.15, 0.2) is 30.3 Å². The highest BCUT2D eigenvalue weighted by Gasteiger charge is 2.15. The Morgan fingerprint density at radius 3 is 2.71 bits per heavy atom. The summed E-state index contributed by atoms with van der Waals surface area (Å²) in [6.07, 6.45) is 0. The number of ether oxygens (including phenoxy) is 1. The van der Waals surface area contributed by atoms with Crippen LogP contribution in [-0.2, 0) is 6.61 Å². The van der Waals surface area contributed by atoms with Crippen LogP contribution >= 0.6 is 0 Å². The van der Waals surface area contributed by atoms with E-state index in [1.165, 1.54) is 6.92 Å². The van der Waals surface area contributed by atoms with Crippen LogP contribution in [0.1, 0.15) is 23.1 Å². The van der Waals surface area contributed by atoms with Gasteiger partial charge in [-0.25, -0.2) is 4.98 Å². The number of benzene rings is 1. The Balaban J connectivity index is 1.95. The average Bonchev–Trinajstić information content (AvgIpc) is 2.90. The molecule has 0 radical (unpaired) electrons. The minimum Gasteiger partial charge on any atom is -0.471 e. The Kier molecular flexibility index (Phi) is 3.23. The molecule has 0 saturated heterocycles. The van der Waals surface area contributed by atoms with Crippen LogP contribution in [-0.4, -0.2) is 25.7 Å². The molecule has 7 nitrogen and oxygen atoms in total. The lowest BCUT2D eigenvalue weighted by atomic mass is 10.2. The number of aromatic amines is 1. The third kappa shape index (κ3) is 2.66. The number of aromatic nitrogens is 4. The molecule has 0 aliphatic carbocycles. The van der Waals surface area contributed by atoms with Gasteiger partial charge in [0, 0.05) is 6.92 Å². The number of carbonyl (C=O) groups is 1. The zero-order valence-corrected chi connectivity index (χ0v) is 11.3. The van der Waals surface area contributed by atoms with Crippen molar-refractivity contribution in [2.45, 2.75) is 13.5 Å². The minimum absolute atomic E-state index is 0.0483. The third-order valence-electron chi connectivity index (χ3n) is 2.89. The molecule has 3 aromatic rings. The first kappa shape index (κ1) is 13.0. The van der Waals surface area contributed by atoms with E-state index in [2.05, 4.69) is 19.9 Å². The lowest BCUT2D eigenvalue weighted by molar-refractivity contribution is 0.100. The van der Waals surface area contributed by atoms with E-state index < -0.39 is 0 Å². The Morgan fingerprint density at radius 2 is 2.00 bits per heavy atom. The topological polar surface area (TPSA) is 107 Å². The number of fused-ring (bicyclic) bond motifs is 1. The summed E-state index contributed by atoms with van der Waals surface area (Å²) in [5.41, 5.74) is 7.41. The van der Waals surface area contributed by atoms with E-state index in [0.717, 1.165) is 5.56 Å². The van der Waals surface area contributed by atoms with Crippen molar-refractivity contribution in [1.29, 1.82) is 0 Å². The summed E-state index contributed by atoms with van der Waals surface area (Å²) >= 11 is 0. The molecular formula is C14H13N5O2. The van der Waals surface area contributed by atoms with Gasteiger partial charge in [-0.2, -0.15) is 9.97 Å². The summed E-state index contributed by atoms with van der Waals surface area (Å²) < 4.78 is 5.67. The van der Waals surface area contributed by atoms with Crippen molar-refractivity contribution in [3.63, 3.8) is 0 Å². The second-order valence-electron chi connectivity index (χ2n) is 4.50. The smallest absolute Gasteiger partial charge is 0.245 e.